The highest BCUT2D eigenvalue weighted by atomic mass is 16.6. The summed E-state index contributed by atoms with van der Waals surface area (Å²) in [6.07, 6.45) is 6.04. The SMILES string of the molecule is CC1=C[C@@H](O)[C@H]2[C@H](CC(C)=CCC1)OC(=O)[C@@H]2C. The largest absolute Gasteiger partial charge is 0.461 e. The van der Waals surface area contributed by atoms with Crippen molar-refractivity contribution in [3.05, 3.63) is 23.3 Å². The summed E-state index contributed by atoms with van der Waals surface area (Å²) in [5, 5.41) is 10.3. The topological polar surface area (TPSA) is 46.5 Å². The Hall–Kier alpha value is -1.09. The average molecular weight is 250 g/mol. The molecule has 3 nitrogen and oxygen atoms in total. The van der Waals surface area contributed by atoms with Gasteiger partial charge in [0.05, 0.1) is 12.0 Å². The third-order valence-electron chi connectivity index (χ3n) is 4.05. The van der Waals surface area contributed by atoms with E-state index in [2.05, 4.69) is 13.0 Å². The van der Waals surface area contributed by atoms with Gasteiger partial charge in [-0.25, -0.2) is 0 Å². The molecule has 0 aromatic carbocycles. The summed E-state index contributed by atoms with van der Waals surface area (Å²) in [5.41, 5.74) is 2.42. The van der Waals surface area contributed by atoms with Crippen molar-refractivity contribution in [3.63, 3.8) is 0 Å². The summed E-state index contributed by atoms with van der Waals surface area (Å²) in [4.78, 5) is 11.7. The fourth-order valence-corrected chi connectivity index (χ4v) is 2.94. The minimum absolute atomic E-state index is 0.117. The van der Waals surface area contributed by atoms with Crippen LogP contribution in [0.1, 0.15) is 40.0 Å². The first kappa shape index (κ1) is 13.3. The fourth-order valence-electron chi connectivity index (χ4n) is 2.94. The molecule has 1 saturated heterocycles. The van der Waals surface area contributed by atoms with Crippen LogP contribution in [0, 0.1) is 11.8 Å². The first-order chi connectivity index (χ1) is 8.49. The smallest absolute Gasteiger partial charge is 0.309 e. The van der Waals surface area contributed by atoms with Gasteiger partial charge >= 0.3 is 5.97 Å². The van der Waals surface area contributed by atoms with Gasteiger partial charge in [0.2, 0.25) is 0 Å². The molecular formula is C15H22O3. The van der Waals surface area contributed by atoms with E-state index in [-0.39, 0.29) is 23.9 Å². The molecule has 0 spiro atoms. The van der Waals surface area contributed by atoms with Gasteiger partial charge in [0, 0.05) is 12.3 Å². The highest BCUT2D eigenvalue weighted by Crippen LogP contribution is 2.35. The highest BCUT2D eigenvalue weighted by molar-refractivity contribution is 5.75. The normalized spacial score (nSPS) is 37.4. The Bertz CT molecular complexity index is 395. The number of hydrogen-bond acceptors (Lipinski definition) is 3. The molecule has 1 N–H and O–H groups in total. The number of aliphatic hydroxyl groups is 1. The molecule has 0 radical (unpaired) electrons. The van der Waals surface area contributed by atoms with Gasteiger partial charge in [-0.2, -0.15) is 0 Å². The summed E-state index contributed by atoms with van der Waals surface area (Å²) in [6, 6.07) is 0. The van der Waals surface area contributed by atoms with E-state index in [0.717, 1.165) is 19.3 Å². The summed E-state index contributed by atoms with van der Waals surface area (Å²) in [5.74, 6) is -0.516. The lowest BCUT2D eigenvalue weighted by molar-refractivity contribution is -0.143. The summed E-state index contributed by atoms with van der Waals surface area (Å²) < 4.78 is 5.42. The van der Waals surface area contributed by atoms with Gasteiger partial charge in [0.25, 0.3) is 0 Å². The van der Waals surface area contributed by atoms with Crippen LogP contribution in [0.15, 0.2) is 23.3 Å². The third-order valence-corrected chi connectivity index (χ3v) is 4.05. The second kappa shape index (κ2) is 5.27. The number of carbonyl (C=O) groups is 1. The molecule has 1 fully saturated rings. The van der Waals surface area contributed by atoms with Crippen LogP contribution in [0.2, 0.25) is 0 Å². The van der Waals surface area contributed by atoms with Crippen molar-refractivity contribution in [1.82, 2.24) is 0 Å². The Balaban J connectivity index is 2.29. The van der Waals surface area contributed by atoms with Gasteiger partial charge in [-0.05, 0) is 26.7 Å². The molecule has 1 aliphatic carbocycles. The van der Waals surface area contributed by atoms with Gasteiger partial charge < -0.3 is 9.84 Å². The monoisotopic (exact) mass is 250 g/mol. The van der Waals surface area contributed by atoms with Crippen molar-refractivity contribution in [2.75, 3.05) is 0 Å². The Morgan fingerprint density at radius 1 is 1.33 bits per heavy atom. The second-order valence-electron chi connectivity index (χ2n) is 5.64. The van der Waals surface area contributed by atoms with Crippen LogP contribution in [-0.4, -0.2) is 23.3 Å². The summed E-state index contributed by atoms with van der Waals surface area (Å²) in [6.45, 7) is 5.95. The van der Waals surface area contributed by atoms with Crippen molar-refractivity contribution in [1.29, 1.82) is 0 Å². The van der Waals surface area contributed by atoms with E-state index in [1.165, 1.54) is 11.1 Å². The molecule has 1 heterocycles. The van der Waals surface area contributed by atoms with E-state index in [0.29, 0.717) is 0 Å². The lowest BCUT2D eigenvalue weighted by atomic mass is 9.83. The molecule has 4 atom stereocenters. The predicted molar refractivity (Wildman–Crippen MR) is 69.9 cm³/mol. The van der Waals surface area contributed by atoms with Crippen LogP contribution in [0.25, 0.3) is 0 Å². The fraction of sp³-hybridized carbons (Fsp3) is 0.667. The summed E-state index contributed by atoms with van der Waals surface area (Å²) >= 11 is 0. The molecule has 2 aliphatic rings. The molecule has 1 aliphatic heterocycles. The minimum Gasteiger partial charge on any atom is -0.461 e. The van der Waals surface area contributed by atoms with Crippen LogP contribution in [0.3, 0.4) is 0 Å². The van der Waals surface area contributed by atoms with E-state index in [1.54, 1.807) is 0 Å². The number of esters is 1. The molecule has 2 rings (SSSR count). The van der Waals surface area contributed by atoms with Crippen LogP contribution in [0.5, 0.6) is 0 Å². The van der Waals surface area contributed by atoms with Gasteiger partial charge in [-0.3, -0.25) is 4.79 Å². The van der Waals surface area contributed by atoms with Crippen molar-refractivity contribution in [2.45, 2.75) is 52.2 Å². The lowest BCUT2D eigenvalue weighted by Gasteiger charge is -2.24. The average Bonchev–Trinajstić information content (AvgIpc) is 2.53. The minimum atomic E-state index is -0.581. The number of rotatable bonds is 0. The number of aliphatic hydroxyl groups excluding tert-OH is 1. The van der Waals surface area contributed by atoms with Crippen LogP contribution in [0.4, 0.5) is 0 Å². The van der Waals surface area contributed by atoms with E-state index in [4.69, 9.17) is 4.74 Å². The van der Waals surface area contributed by atoms with E-state index in [9.17, 15) is 9.90 Å². The van der Waals surface area contributed by atoms with Crippen molar-refractivity contribution < 1.29 is 14.6 Å². The maximum Gasteiger partial charge on any atom is 0.309 e. The maximum absolute atomic E-state index is 11.7. The molecule has 0 aromatic heterocycles. The molecule has 0 unspecified atom stereocenters. The van der Waals surface area contributed by atoms with Gasteiger partial charge in [0.15, 0.2) is 0 Å². The number of carbonyl (C=O) groups excluding carboxylic acids is 1. The Morgan fingerprint density at radius 3 is 2.78 bits per heavy atom. The standard InChI is InChI=1S/C15H22O3/c1-9-5-4-6-10(2)8-13-14(12(16)7-9)11(3)15(17)18-13/h6-7,11-14,16H,4-5,8H2,1-3H3/t11-,12-,13+,14+/m1/s1. The van der Waals surface area contributed by atoms with Crippen molar-refractivity contribution >= 4 is 5.97 Å². The van der Waals surface area contributed by atoms with Gasteiger partial charge in [0.1, 0.15) is 6.10 Å². The molecule has 3 heteroatoms. The first-order valence-electron chi connectivity index (χ1n) is 6.70. The Kier molecular flexibility index (Phi) is 3.91. The molecule has 0 saturated carbocycles. The second-order valence-corrected chi connectivity index (χ2v) is 5.64. The van der Waals surface area contributed by atoms with E-state index < -0.39 is 6.10 Å². The highest BCUT2D eigenvalue weighted by Gasteiger charge is 2.44. The number of hydrogen-bond donors (Lipinski definition) is 1. The van der Waals surface area contributed by atoms with Crippen LogP contribution >= 0.6 is 0 Å². The van der Waals surface area contributed by atoms with Crippen LogP contribution < -0.4 is 0 Å². The number of allylic oxidation sites excluding steroid dienone is 2. The maximum atomic E-state index is 11.7. The number of ether oxygens (including phenoxy) is 1. The zero-order valence-corrected chi connectivity index (χ0v) is 11.3. The Morgan fingerprint density at radius 2 is 2.06 bits per heavy atom. The molecule has 100 valence electrons. The molecule has 18 heavy (non-hydrogen) atoms. The summed E-state index contributed by atoms with van der Waals surface area (Å²) in [7, 11) is 0. The molecular weight excluding hydrogens is 228 g/mol. The van der Waals surface area contributed by atoms with Gasteiger partial charge in [-0.15, -0.1) is 0 Å². The van der Waals surface area contributed by atoms with Crippen molar-refractivity contribution in [2.24, 2.45) is 11.8 Å². The Labute approximate surface area is 109 Å². The third kappa shape index (κ3) is 2.66. The van der Waals surface area contributed by atoms with E-state index >= 15 is 0 Å². The van der Waals surface area contributed by atoms with E-state index in [1.807, 2.05) is 19.9 Å². The molecule has 0 aromatic rings. The van der Waals surface area contributed by atoms with Gasteiger partial charge in [-0.1, -0.05) is 30.2 Å². The quantitative estimate of drug-likeness (QED) is 0.531. The first-order valence-corrected chi connectivity index (χ1v) is 6.70. The molecule has 0 bridgehead atoms. The number of fused-ring (bicyclic) bond motifs is 1. The molecule has 0 amide bonds. The van der Waals surface area contributed by atoms with Crippen molar-refractivity contribution in [3.8, 4) is 0 Å². The zero-order chi connectivity index (χ0) is 13.3. The zero-order valence-electron chi connectivity index (χ0n) is 11.3. The lowest BCUT2D eigenvalue weighted by Crippen LogP contribution is -2.31. The van der Waals surface area contributed by atoms with Crippen LogP contribution in [-0.2, 0) is 9.53 Å². The predicted octanol–water partition coefficient (Wildman–Crippen LogP) is 2.60.